The first-order valence-corrected chi connectivity index (χ1v) is 11.6. The van der Waals surface area contributed by atoms with Crippen LogP contribution >= 0.6 is 11.5 Å². The van der Waals surface area contributed by atoms with Crippen molar-refractivity contribution in [3.63, 3.8) is 0 Å². The van der Waals surface area contributed by atoms with Crippen molar-refractivity contribution >= 4 is 21.6 Å². The number of aliphatic hydroxyl groups excluding tert-OH is 1. The first-order chi connectivity index (χ1) is 15.0. The van der Waals surface area contributed by atoms with Gasteiger partial charge in [-0.05, 0) is 86.7 Å². The van der Waals surface area contributed by atoms with Crippen LogP contribution in [-0.2, 0) is 0 Å². The van der Waals surface area contributed by atoms with E-state index in [9.17, 15) is 9.50 Å². The van der Waals surface area contributed by atoms with Crippen LogP contribution in [0.5, 0.6) is 11.5 Å². The van der Waals surface area contributed by atoms with E-state index in [0.717, 1.165) is 60.2 Å². The number of ether oxygens (including phenoxy) is 2. The summed E-state index contributed by atoms with van der Waals surface area (Å²) >= 11 is 1.40. The van der Waals surface area contributed by atoms with Gasteiger partial charge in [-0.1, -0.05) is 6.07 Å². The number of likely N-dealkylation sites (tertiary alicyclic amines) is 1. The third kappa shape index (κ3) is 5.17. The topological polar surface area (TPSA) is 54.8 Å². The van der Waals surface area contributed by atoms with E-state index in [4.69, 9.17) is 9.47 Å². The van der Waals surface area contributed by atoms with Crippen LogP contribution in [0.25, 0.3) is 10.1 Å². The number of nitrogens with zero attached hydrogens (tertiary/aromatic N) is 2. The second-order valence-corrected chi connectivity index (χ2v) is 8.92. The van der Waals surface area contributed by atoms with Gasteiger partial charge in [0.1, 0.15) is 5.82 Å². The zero-order valence-corrected chi connectivity index (χ0v) is 18.8. The maximum Gasteiger partial charge on any atom is 0.161 e. The van der Waals surface area contributed by atoms with Gasteiger partial charge in [0.15, 0.2) is 11.5 Å². The first kappa shape index (κ1) is 22.0. The standard InChI is InChI=1S/C24H29FN2O3S/c1-16(28)18-4-7-21(22(14-18)29-2)30-13-3-10-27-11-8-17(9-12-27)24-20-6-5-19(25)15-23(20)31-26-24/h4-7,14-17,28H,3,8-13H2,1-2H3. The Morgan fingerprint density at radius 1 is 1.19 bits per heavy atom. The van der Waals surface area contributed by atoms with Crippen LogP contribution in [-0.4, -0.2) is 47.7 Å². The van der Waals surface area contributed by atoms with Gasteiger partial charge in [0.05, 0.1) is 30.2 Å². The molecule has 1 aliphatic heterocycles. The largest absolute Gasteiger partial charge is 0.493 e. The summed E-state index contributed by atoms with van der Waals surface area (Å²) in [6.45, 7) is 5.42. The van der Waals surface area contributed by atoms with Crippen molar-refractivity contribution < 1.29 is 19.0 Å². The van der Waals surface area contributed by atoms with E-state index in [1.165, 1.54) is 17.6 Å². The van der Waals surface area contributed by atoms with Crippen molar-refractivity contribution in [2.24, 2.45) is 0 Å². The molecule has 0 saturated carbocycles. The van der Waals surface area contributed by atoms with Crippen LogP contribution in [0.4, 0.5) is 4.39 Å². The molecule has 4 rings (SSSR count). The monoisotopic (exact) mass is 444 g/mol. The predicted molar refractivity (Wildman–Crippen MR) is 122 cm³/mol. The van der Waals surface area contributed by atoms with Gasteiger partial charge in [0.2, 0.25) is 0 Å². The lowest BCUT2D eigenvalue weighted by Crippen LogP contribution is -2.34. The Bertz CT molecular complexity index is 1020. The molecule has 7 heteroatoms. The maximum absolute atomic E-state index is 13.4. The normalized spacial score (nSPS) is 16.5. The van der Waals surface area contributed by atoms with Gasteiger partial charge < -0.3 is 19.5 Å². The minimum Gasteiger partial charge on any atom is -0.493 e. The number of aromatic nitrogens is 1. The summed E-state index contributed by atoms with van der Waals surface area (Å²) in [7, 11) is 1.61. The summed E-state index contributed by atoms with van der Waals surface area (Å²) in [5, 5.41) is 10.8. The summed E-state index contributed by atoms with van der Waals surface area (Å²) < 4.78 is 30.3. The van der Waals surface area contributed by atoms with Crippen molar-refractivity contribution in [1.82, 2.24) is 9.27 Å². The van der Waals surface area contributed by atoms with Gasteiger partial charge in [0, 0.05) is 17.8 Å². The summed E-state index contributed by atoms with van der Waals surface area (Å²) in [6, 6.07) is 10.5. The average Bonchev–Trinajstić information content (AvgIpc) is 3.20. The summed E-state index contributed by atoms with van der Waals surface area (Å²) in [5.41, 5.74) is 1.95. The average molecular weight is 445 g/mol. The molecule has 1 saturated heterocycles. The predicted octanol–water partition coefficient (Wildman–Crippen LogP) is 5.15. The van der Waals surface area contributed by atoms with Gasteiger partial charge in [-0.3, -0.25) is 0 Å². The Morgan fingerprint density at radius 3 is 2.74 bits per heavy atom. The number of hydrogen-bond acceptors (Lipinski definition) is 6. The van der Waals surface area contributed by atoms with Gasteiger partial charge in [-0.2, -0.15) is 4.37 Å². The van der Waals surface area contributed by atoms with Crippen LogP contribution in [0.1, 0.15) is 49.5 Å². The molecule has 3 aromatic rings. The zero-order valence-electron chi connectivity index (χ0n) is 18.0. The Labute approximate surface area is 186 Å². The molecular formula is C24H29FN2O3S. The van der Waals surface area contributed by atoms with Gasteiger partial charge in [-0.25, -0.2) is 4.39 Å². The number of fused-ring (bicyclic) bond motifs is 1. The number of aliphatic hydroxyl groups is 1. The molecule has 0 bridgehead atoms. The number of methoxy groups -OCH3 is 1. The van der Waals surface area contributed by atoms with E-state index in [-0.39, 0.29) is 5.82 Å². The Kier molecular flexibility index (Phi) is 7.05. The second-order valence-electron chi connectivity index (χ2n) is 8.11. The van der Waals surface area contributed by atoms with Crippen LogP contribution < -0.4 is 9.47 Å². The van der Waals surface area contributed by atoms with Crippen molar-refractivity contribution in [2.75, 3.05) is 33.4 Å². The lowest BCUT2D eigenvalue weighted by molar-refractivity contribution is 0.190. The highest BCUT2D eigenvalue weighted by Gasteiger charge is 2.24. The van der Waals surface area contributed by atoms with E-state index in [2.05, 4.69) is 9.27 Å². The highest BCUT2D eigenvalue weighted by molar-refractivity contribution is 7.13. The smallest absolute Gasteiger partial charge is 0.161 e. The Balaban J connectivity index is 1.24. The summed E-state index contributed by atoms with van der Waals surface area (Å²) in [4.78, 5) is 2.47. The van der Waals surface area contributed by atoms with Crippen molar-refractivity contribution in [2.45, 2.75) is 38.2 Å². The van der Waals surface area contributed by atoms with E-state index in [0.29, 0.717) is 24.0 Å². The quantitative estimate of drug-likeness (QED) is 0.487. The summed E-state index contributed by atoms with van der Waals surface area (Å²) in [6.07, 6.45) is 2.55. The zero-order chi connectivity index (χ0) is 21.8. The molecule has 0 radical (unpaired) electrons. The van der Waals surface area contributed by atoms with Crippen molar-refractivity contribution in [3.05, 3.63) is 53.5 Å². The van der Waals surface area contributed by atoms with Crippen molar-refractivity contribution in [3.8, 4) is 11.5 Å². The molecule has 0 spiro atoms. The fourth-order valence-electron chi connectivity index (χ4n) is 4.19. The maximum atomic E-state index is 13.4. The van der Waals surface area contributed by atoms with Gasteiger partial charge in [-0.15, -0.1) is 0 Å². The fourth-order valence-corrected chi connectivity index (χ4v) is 5.07. The third-order valence-electron chi connectivity index (χ3n) is 5.98. The molecule has 1 fully saturated rings. The molecule has 2 aromatic carbocycles. The minimum atomic E-state index is -0.533. The molecule has 1 atom stereocenters. The molecule has 0 amide bonds. The molecule has 2 heterocycles. The first-order valence-electron chi connectivity index (χ1n) is 10.8. The minimum absolute atomic E-state index is 0.198. The molecule has 1 aliphatic rings. The van der Waals surface area contributed by atoms with Crippen LogP contribution in [0.15, 0.2) is 36.4 Å². The Morgan fingerprint density at radius 2 is 2.00 bits per heavy atom. The SMILES string of the molecule is COc1cc(C(C)O)ccc1OCCCN1CCC(c2nsc3cc(F)ccc23)CC1. The van der Waals surface area contributed by atoms with Crippen LogP contribution in [0.2, 0.25) is 0 Å². The highest BCUT2D eigenvalue weighted by Crippen LogP contribution is 2.35. The molecule has 1 aromatic heterocycles. The van der Waals surface area contributed by atoms with Gasteiger partial charge in [0.25, 0.3) is 0 Å². The number of hydrogen-bond donors (Lipinski definition) is 1. The molecule has 5 nitrogen and oxygen atoms in total. The van der Waals surface area contributed by atoms with Gasteiger partial charge >= 0.3 is 0 Å². The highest BCUT2D eigenvalue weighted by atomic mass is 32.1. The number of rotatable bonds is 8. The van der Waals surface area contributed by atoms with Crippen LogP contribution in [0.3, 0.4) is 0 Å². The molecule has 0 aliphatic carbocycles. The van der Waals surface area contributed by atoms with Crippen molar-refractivity contribution in [1.29, 1.82) is 0 Å². The number of piperidine rings is 1. The second kappa shape index (κ2) is 9.94. The third-order valence-corrected chi connectivity index (χ3v) is 6.81. The fraction of sp³-hybridized carbons (Fsp3) is 0.458. The Hall–Kier alpha value is -2.22. The van der Waals surface area contributed by atoms with E-state index in [1.54, 1.807) is 20.1 Å². The summed E-state index contributed by atoms with van der Waals surface area (Å²) in [5.74, 6) is 1.60. The van der Waals surface area contributed by atoms with E-state index in [1.807, 2.05) is 24.3 Å². The molecular weight excluding hydrogens is 415 g/mol. The number of benzene rings is 2. The molecule has 31 heavy (non-hydrogen) atoms. The molecule has 166 valence electrons. The molecule has 1 N–H and O–H groups in total. The van der Waals surface area contributed by atoms with E-state index < -0.39 is 6.10 Å². The van der Waals surface area contributed by atoms with E-state index >= 15 is 0 Å². The molecule has 1 unspecified atom stereocenters. The lowest BCUT2D eigenvalue weighted by atomic mass is 9.91. The van der Waals surface area contributed by atoms with Crippen LogP contribution in [0, 0.1) is 5.82 Å². The number of halogens is 1. The lowest BCUT2D eigenvalue weighted by Gasteiger charge is -2.31.